The minimum absolute atomic E-state index is 2.06. The van der Waals surface area contributed by atoms with Crippen molar-refractivity contribution in [2.75, 3.05) is 0 Å². The lowest BCUT2D eigenvalue weighted by Gasteiger charge is -2.45. The smallest absolute Gasteiger partial charge is 0.396 e. The van der Waals surface area contributed by atoms with Crippen LogP contribution in [0.3, 0.4) is 0 Å². The Morgan fingerprint density at radius 2 is 0.405 bits per heavy atom. The normalized spacial score (nSPS) is 15.9. The lowest BCUT2D eigenvalue weighted by Crippen LogP contribution is -2.69. The second-order valence-corrected chi connectivity index (χ2v) is 53.3. The van der Waals surface area contributed by atoms with E-state index in [1.54, 1.807) is 0 Å². The van der Waals surface area contributed by atoms with Crippen LogP contribution in [0, 0.1) is 0 Å². The Bertz CT molecular complexity index is 595. The van der Waals surface area contributed by atoms with E-state index in [1.807, 2.05) is 0 Å². The van der Waals surface area contributed by atoms with Gasteiger partial charge >= 0.3 is 25.3 Å². The molecule has 0 spiro atoms. The van der Waals surface area contributed by atoms with E-state index in [4.69, 9.17) is 55.1 Å². The van der Waals surface area contributed by atoms with Crippen LogP contribution in [-0.2, 0) is 32.9 Å². The molecule has 0 saturated heterocycles. The summed E-state index contributed by atoms with van der Waals surface area (Å²) in [6.45, 7) is 37.0. The molecule has 0 aliphatic rings. The molecule has 0 heterocycles. The first kappa shape index (κ1) is 39.2. The van der Waals surface area contributed by atoms with E-state index in [0.29, 0.717) is 0 Å². The second-order valence-electron chi connectivity index (χ2n) is 15.0. The average molecular weight is 722 g/mol. The quantitative estimate of drug-likeness (QED) is 0.118. The summed E-state index contributed by atoms with van der Waals surface area (Å²) >= 11 is 14.0. The van der Waals surface area contributed by atoms with Gasteiger partial charge in [-0.3, -0.25) is 0 Å². The van der Waals surface area contributed by atoms with E-state index in [1.165, 1.54) is 0 Å². The Hall–Kier alpha value is 2.21. The number of rotatable bonds is 16. The van der Waals surface area contributed by atoms with Crippen molar-refractivity contribution in [3.8, 4) is 0 Å². The van der Waals surface area contributed by atoms with Gasteiger partial charge in [-0.1, -0.05) is 22.2 Å². The van der Waals surface area contributed by atoms with E-state index < -0.39 is 75.2 Å². The van der Waals surface area contributed by atoms with Crippen molar-refractivity contribution in [2.45, 2.75) is 118 Å². The van der Waals surface area contributed by atoms with Gasteiger partial charge in [0.1, 0.15) is 0 Å². The molecule has 0 N–H and O–H groups in total. The maximum absolute atomic E-state index is 7.02. The topological polar surface area (TPSA) is 73.8 Å². The fourth-order valence-electron chi connectivity index (χ4n) is 2.81. The van der Waals surface area contributed by atoms with Crippen LogP contribution in [0.5, 0.6) is 0 Å². The van der Waals surface area contributed by atoms with Gasteiger partial charge in [0.05, 0.1) is 0 Å². The van der Waals surface area contributed by atoms with Crippen molar-refractivity contribution in [3.05, 3.63) is 0 Å². The highest BCUT2D eigenvalue weighted by atomic mass is 35.7. The molecular formula is C18H54Cl2O8Si9. The zero-order chi connectivity index (χ0) is 30.2. The van der Waals surface area contributed by atoms with Gasteiger partial charge in [-0.25, -0.2) is 0 Å². The Kier molecular flexibility index (Phi) is 13.6. The molecule has 0 fully saturated rings. The van der Waals surface area contributed by atoms with Crippen LogP contribution in [-0.4, -0.2) is 75.2 Å². The molecule has 0 aliphatic heterocycles. The van der Waals surface area contributed by atoms with E-state index in [9.17, 15) is 0 Å². The molecule has 0 aromatic heterocycles. The zero-order valence-corrected chi connectivity index (χ0v) is 37.0. The third-order valence-corrected chi connectivity index (χ3v) is 30.5. The first-order valence-electron chi connectivity index (χ1n) is 12.6. The van der Waals surface area contributed by atoms with Gasteiger partial charge in [-0.2, -0.15) is 0 Å². The van der Waals surface area contributed by atoms with Crippen LogP contribution in [0.1, 0.15) is 0 Å². The molecule has 19 heteroatoms. The highest BCUT2D eigenvalue weighted by Crippen LogP contribution is 2.37. The fraction of sp³-hybridized carbons (Fsp3) is 1.00. The molecule has 0 rings (SSSR count). The molecule has 0 unspecified atom stereocenters. The maximum Gasteiger partial charge on any atom is 0.640 e. The maximum atomic E-state index is 7.02. The summed E-state index contributed by atoms with van der Waals surface area (Å²) in [5.41, 5.74) is 0. The van der Waals surface area contributed by atoms with Gasteiger partial charge in [0.15, 0.2) is 49.9 Å². The summed E-state index contributed by atoms with van der Waals surface area (Å²) in [6, 6.07) is 0. The Morgan fingerprint density at radius 3 is 0.514 bits per heavy atom. The monoisotopic (exact) mass is 720 g/mol. The van der Waals surface area contributed by atoms with Crippen molar-refractivity contribution < 1.29 is 32.9 Å². The van der Waals surface area contributed by atoms with Crippen LogP contribution >= 0.6 is 22.2 Å². The summed E-state index contributed by atoms with van der Waals surface area (Å²) in [5.74, 6) is 0. The molecule has 37 heavy (non-hydrogen) atoms. The summed E-state index contributed by atoms with van der Waals surface area (Å²) in [6.07, 6.45) is 0. The van der Waals surface area contributed by atoms with Gasteiger partial charge in [0.2, 0.25) is 0 Å². The van der Waals surface area contributed by atoms with Gasteiger partial charge in [0, 0.05) is 0 Å². The van der Waals surface area contributed by atoms with Crippen LogP contribution in [0.15, 0.2) is 0 Å². The number of hydrogen-bond acceptors (Lipinski definition) is 8. The molecule has 0 bridgehead atoms. The van der Waals surface area contributed by atoms with E-state index in [2.05, 4.69) is 118 Å². The van der Waals surface area contributed by atoms with E-state index in [-0.39, 0.29) is 0 Å². The zero-order valence-electron chi connectivity index (χ0n) is 26.5. The first-order valence-corrected chi connectivity index (χ1v) is 40.2. The third-order valence-electron chi connectivity index (χ3n) is 3.07. The van der Waals surface area contributed by atoms with Crippen molar-refractivity contribution in [2.24, 2.45) is 0 Å². The van der Waals surface area contributed by atoms with E-state index in [0.717, 1.165) is 0 Å². The molecule has 0 radical (unpaired) electrons. The Labute approximate surface area is 246 Å². The van der Waals surface area contributed by atoms with Crippen LogP contribution < -0.4 is 0 Å². The summed E-state index contributed by atoms with van der Waals surface area (Å²) in [4.78, 5) is 0. The van der Waals surface area contributed by atoms with Crippen molar-refractivity contribution in [3.63, 3.8) is 0 Å². The molecule has 224 valence electrons. The predicted molar refractivity (Wildman–Crippen MR) is 178 cm³/mol. The molecule has 0 aliphatic carbocycles. The highest BCUT2D eigenvalue weighted by Gasteiger charge is 2.65. The third kappa shape index (κ3) is 19.9. The molecule has 0 aromatic rings. The number of hydrogen-bond donors (Lipinski definition) is 0. The SMILES string of the molecule is C[Si](C)(C)O[Si](O[Si](C)(C)C)(O[Si](C)(C)C)O[Si](Cl)(Cl)O[Si](O[Si](C)(C)C)(O[Si](C)(C)C)O[Si](C)(C)C. The molecule has 0 atom stereocenters. The minimum atomic E-state index is -4.12. The van der Waals surface area contributed by atoms with Crippen LogP contribution in [0.25, 0.3) is 0 Å². The lowest BCUT2D eigenvalue weighted by molar-refractivity contribution is 0.113. The minimum Gasteiger partial charge on any atom is -0.396 e. The number of halogens is 2. The predicted octanol–water partition coefficient (Wildman–Crippen LogP) is 7.91. The summed E-state index contributed by atoms with van der Waals surface area (Å²) in [7, 11) is -25.3. The van der Waals surface area contributed by atoms with Crippen molar-refractivity contribution in [1.29, 1.82) is 0 Å². The molecule has 8 nitrogen and oxygen atoms in total. The average Bonchev–Trinajstić information content (AvgIpc) is 2.29. The van der Waals surface area contributed by atoms with Gasteiger partial charge < -0.3 is 32.9 Å². The largest absolute Gasteiger partial charge is 0.640 e. The lowest BCUT2D eigenvalue weighted by atomic mass is 11.8. The molecule has 0 amide bonds. The Morgan fingerprint density at radius 1 is 0.270 bits per heavy atom. The van der Waals surface area contributed by atoms with Crippen LogP contribution in [0.2, 0.25) is 118 Å². The van der Waals surface area contributed by atoms with Gasteiger partial charge in [0.25, 0.3) is 0 Å². The van der Waals surface area contributed by atoms with Crippen LogP contribution in [0.4, 0.5) is 0 Å². The Balaban J connectivity index is 6.88. The highest BCUT2D eigenvalue weighted by molar-refractivity contribution is 7.41. The van der Waals surface area contributed by atoms with Gasteiger partial charge in [-0.15, -0.1) is 0 Å². The summed E-state index contributed by atoms with van der Waals surface area (Å²) in [5, 5.41) is 0. The standard InChI is InChI=1S/C18H54Cl2O8Si9/c1-29(2,3)21-36(22-30(4,5)6,23-31(7,8)9)27-35(19,20)28-37(24-32(10,11)12,25-33(13,14)15)26-34(16,17)18/h1-18H3. The van der Waals surface area contributed by atoms with Gasteiger partial charge in [-0.05, 0) is 118 Å². The first-order chi connectivity index (χ1) is 15.7. The summed E-state index contributed by atoms with van der Waals surface area (Å²) < 4.78 is 52.7. The fourth-order valence-corrected chi connectivity index (χ4v) is 33.6. The van der Waals surface area contributed by atoms with E-state index >= 15 is 0 Å². The van der Waals surface area contributed by atoms with Crippen molar-refractivity contribution in [1.82, 2.24) is 0 Å². The molecular weight excluding hydrogens is 668 g/mol. The van der Waals surface area contributed by atoms with Crippen molar-refractivity contribution >= 4 is 97.3 Å². The molecule has 0 aromatic carbocycles. The second kappa shape index (κ2) is 12.8. The molecule has 0 saturated carbocycles.